The van der Waals surface area contributed by atoms with E-state index in [1.165, 1.54) is 0 Å². The Kier molecular flexibility index (Phi) is 7.35. The summed E-state index contributed by atoms with van der Waals surface area (Å²) >= 11 is 0. The van der Waals surface area contributed by atoms with E-state index in [-0.39, 0.29) is 0 Å². The molecule has 0 spiro atoms. The first-order chi connectivity index (χ1) is 9.21. The summed E-state index contributed by atoms with van der Waals surface area (Å²) < 4.78 is 104. The highest BCUT2D eigenvalue weighted by atomic mass is 31.2. The molecule has 0 radical (unpaired) electrons. The Bertz CT molecular complexity index is 383. The van der Waals surface area contributed by atoms with Gasteiger partial charge in [0.25, 0.3) is 0 Å². The third kappa shape index (κ3) is 7.09. The van der Waals surface area contributed by atoms with Gasteiger partial charge in [-0.05, 0) is 0 Å². The SMILES string of the molecule is O=P(O)(OCCOCCOP(=O)(O)C(F)(F)F)C(F)(F)F. The molecule has 0 amide bonds. The summed E-state index contributed by atoms with van der Waals surface area (Å²) in [6.45, 7) is -3.29. The molecule has 0 aromatic carbocycles. The zero-order valence-corrected chi connectivity index (χ0v) is 11.7. The Balaban J connectivity index is 3.86. The fourth-order valence-corrected chi connectivity index (χ4v) is 1.63. The van der Waals surface area contributed by atoms with Crippen LogP contribution in [-0.4, -0.2) is 48.0 Å². The maximum absolute atomic E-state index is 11.8. The minimum absolute atomic E-state index is 0.675. The van der Waals surface area contributed by atoms with Crippen LogP contribution in [0.5, 0.6) is 0 Å². The van der Waals surface area contributed by atoms with Crippen LogP contribution in [-0.2, 0) is 22.9 Å². The molecule has 0 aliphatic rings. The van der Waals surface area contributed by atoms with E-state index in [0.717, 1.165) is 0 Å². The summed E-state index contributed by atoms with van der Waals surface area (Å²) in [6.07, 6.45) is 0. The van der Waals surface area contributed by atoms with Gasteiger partial charge in [0.2, 0.25) is 0 Å². The highest BCUT2D eigenvalue weighted by Gasteiger charge is 2.53. The Morgan fingerprint density at radius 3 is 1.24 bits per heavy atom. The Hall–Kier alpha value is -0.160. The van der Waals surface area contributed by atoms with E-state index >= 15 is 0 Å². The van der Waals surface area contributed by atoms with Gasteiger partial charge in [-0.1, -0.05) is 0 Å². The van der Waals surface area contributed by atoms with Gasteiger partial charge in [-0.3, -0.25) is 18.2 Å². The van der Waals surface area contributed by atoms with Gasteiger partial charge in [0.1, 0.15) is 0 Å². The van der Waals surface area contributed by atoms with Gasteiger partial charge < -0.3 is 14.5 Å². The maximum atomic E-state index is 11.8. The molecule has 2 N–H and O–H groups in total. The van der Waals surface area contributed by atoms with E-state index < -0.39 is 53.5 Å². The highest BCUT2D eigenvalue weighted by Crippen LogP contribution is 2.58. The zero-order valence-electron chi connectivity index (χ0n) is 9.93. The van der Waals surface area contributed by atoms with Crippen LogP contribution in [0.15, 0.2) is 0 Å². The molecule has 21 heavy (non-hydrogen) atoms. The summed E-state index contributed by atoms with van der Waals surface area (Å²) in [4.78, 5) is 16.8. The van der Waals surface area contributed by atoms with Crippen molar-refractivity contribution in [3.63, 3.8) is 0 Å². The number of ether oxygens (including phenoxy) is 1. The van der Waals surface area contributed by atoms with Crippen LogP contribution in [0, 0.1) is 0 Å². The van der Waals surface area contributed by atoms with Crippen molar-refractivity contribution in [2.24, 2.45) is 0 Å². The molecule has 0 saturated heterocycles. The second-order valence-electron chi connectivity index (χ2n) is 3.26. The van der Waals surface area contributed by atoms with Gasteiger partial charge in [0, 0.05) is 0 Å². The molecule has 0 bridgehead atoms. The summed E-state index contributed by atoms with van der Waals surface area (Å²) in [5.74, 6) is -10.9. The molecule has 0 aromatic heterocycles. The number of hydrogen-bond acceptors (Lipinski definition) is 5. The number of halogens is 6. The third-order valence-corrected chi connectivity index (χ3v) is 3.98. The summed E-state index contributed by atoms with van der Waals surface area (Å²) in [6, 6.07) is 0. The number of hydrogen-bond donors (Lipinski definition) is 2. The van der Waals surface area contributed by atoms with E-state index in [1.54, 1.807) is 0 Å². The molecule has 0 aliphatic heterocycles. The molecular formula is C6H10F6O7P2. The smallest absolute Gasteiger partial charge is 0.377 e. The quantitative estimate of drug-likeness (QED) is 0.384. The van der Waals surface area contributed by atoms with Gasteiger partial charge in [-0.15, -0.1) is 0 Å². The van der Waals surface area contributed by atoms with Crippen molar-refractivity contribution in [3.05, 3.63) is 0 Å². The monoisotopic (exact) mass is 370 g/mol. The van der Waals surface area contributed by atoms with Crippen molar-refractivity contribution in [3.8, 4) is 0 Å². The first-order valence-electron chi connectivity index (χ1n) is 4.87. The van der Waals surface area contributed by atoms with Crippen LogP contribution in [0.3, 0.4) is 0 Å². The van der Waals surface area contributed by atoms with Crippen LogP contribution in [0.4, 0.5) is 26.3 Å². The lowest BCUT2D eigenvalue weighted by molar-refractivity contribution is -0.0745. The topological polar surface area (TPSA) is 102 Å². The summed E-state index contributed by atoms with van der Waals surface area (Å²) in [5, 5.41) is 0. The molecule has 128 valence electrons. The number of rotatable bonds is 8. The maximum Gasteiger partial charge on any atom is 0.493 e. The number of alkyl halides is 6. The van der Waals surface area contributed by atoms with Gasteiger partial charge in [-0.2, -0.15) is 26.3 Å². The average molecular weight is 370 g/mol. The van der Waals surface area contributed by atoms with Gasteiger partial charge in [0.15, 0.2) is 0 Å². The minimum atomic E-state index is -5.83. The summed E-state index contributed by atoms with van der Waals surface area (Å²) in [5.41, 5.74) is 0. The Morgan fingerprint density at radius 2 is 1.00 bits per heavy atom. The van der Waals surface area contributed by atoms with Crippen molar-refractivity contribution in [2.75, 3.05) is 26.4 Å². The lowest BCUT2D eigenvalue weighted by Crippen LogP contribution is -2.16. The molecule has 0 aromatic rings. The van der Waals surface area contributed by atoms with Crippen LogP contribution in [0.1, 0.15) is 0 Å². The first-order valence-corrected chi connectivity index (χ1v) is 8.02. The average Bonchev–Trinajstić information content (AvgIpc) is 2.24. The normalized spacial score (nSPS) is 19.0. The van der Waals surface area contributed by atoms with E-state index in [2.05, 4.69) is 13.8 Å². The molecule has 0 heterocycles. The molecular weight excluding hydrogens is 360 g/mol. The molecule has 2 unspecified atom stereocenters. The Morgan fingerprint density at radius 1 is 0.714 bits per heavy atom. The fourth-order valence-electron chi connectivity index (χ4n) is 0.688. The predicted octanol–water partition coefficient (Wildman–Crippen LogP) is 2.45. The lowest BCUT2D eigenvalue weighted by Gasteiger charge is -2.15. The lowest BCUT2D eigenvalue weighted by atomic mass is 10.7. The molecule has 0 aliphatic carbocycles. The van der Waals surface area contributed by atoms with Gasteiger partial charge >= 0.3 is 27.0 Å². The Labute approximate surface area is 113 Å². The fraction of sp³-hybridized carbons (Fsp3) is 1.00. The zero-order chi connectivity index (χ0) is 16.9. The van der Waals surface area contributed by atoms with E-state index in [9.17, 15) is 35.5 Å². The molecule has 0 saturated carbocycles. The van der Waals surface area contributed by atoms with Crippen LogP contribution in [0.2, 0.25) is 0 Å². The van der Waals surface area contributed by atoms with E-state index in [0.29, 0.717) is 0 Å². The molecule has 2 atom stereocenters. The van der Waals surface area contributed by atoms with Gasteiger partial charge in [-0.25, -0.2) is 0 Å². The second kappa shape index (κ2) is 7.40. The van der Waals surface area contributed by atoms with E-state index in [1.807, 2.05) is 0 Å². The molecule has 0 fully saturated rings. The molecule has 7 nitrogen and oxygen atoms in total. The molecule has 15 heteroatoms. The van der Waals surface area contributed by atoms with Crippen LogP contribution in [0.25, 0.3) is 0 Å². The van der Waals surface area contributed by atoms with Crippen LogP contribution < -0.4 is 0 Å². The second-order valence-corrected chi connectivity index (χ2v) is 6.87. The van der Waals surface area contributed by atoms with Crippen molar-refractivity contribution in [1.29, 1.82) is 0 Å². The largest absolute Gasteiger partial charge is 0.493 e. The van der Waals surface area contributed by atoms with Crippen molar-refractivity contribution in [2.45, 2.75) is 11.8 Å². The van der Waals surface area contributed by atoms with Crippen LogP contribution >= 0.6 is 15.2 Å². The van der Waals surface area contributed by atoms with Crippen molar-refractivity contribution in [1.82, 2.24) is 0 Å². The molecule has 0 rings (SSSR count). The minimum Gasteiger partial charge on any atom is -0.377 e. The van der Waals surface area contributed by atoms with E-state index in [4.69, 9.17) is 9.79 Å². The van der Waals surface area contributed by atoms with Crippen molar-refractivity contribution >= 4 is 15.2 Å². The van der Waals surface area contributed by atoms with Gasteiger partial charge in [0.05, 0.1) is 26.4 Å². The first kappa shape index (κ1) is 20.8. The third-order valence-electron chi connectivity index (χ3n) is 1.63. The standard InChI is InChI=1S/C6H10F6O7P2/c7-5(8,9)20(13,14)18-3-1-17-2-4-19-21(15,16)6(10,11)12/h1-4H2,(H,13,14)(H,15,16). The predicted molar refractivity (Wildman–Crippen MR) is 54.5 cm³/mol. The summed E-state index contributed by atoms with van der Waals surface area (Å²) in [7, 11) is -11.7. The van der Waals surface area contributed by atoms with Crippen molar-refractivity contribution < 1.29 is 59.0 Å². The highest BCUT2D eigenvalue weighted by molar-refractivity contribution is 7.54.